The van der Waals surface area contributed by atoms with Gasteiger partial charge < -0.3 is 15.2 Å². The predicted molar refractivity (Wildman–Crippen MR) is 88.3 cm³/mol. The minimum absolute atomic E-state index is 0.155. The molecule has 0 aliphatic rings. The molecule has 2 N–H and O–H groups in total. The van der Waals surface area contributed by atoms with Crippen molar-refractivity contribution < 1.29 is 19.4 Å². The van der Waals surface area contributed by atoms with E-state index in [9.17, 15) is 9.59 Å². The number of carbonyl (C=O) groups is 2. The molecule has 0 spiro atoms. The number of hydrogen-bond acceptors (Lipinski definition) is 6. The number of nitrogens with zero attached hydrogens (tertiary/aromatic N) is 3. The smallest absolute Gasteiger partial charge is 0.329 e. The molecule has 0 radical (unpaired) electrons. The Morgan fingerprint density at radius 2 is 2.08 bits per heavy atom. The minimum Gasteiger partial charge on any atom is -0.480 e. The monoisotopic (exact) mass is 350 g/mol. The number of aromatic nitrogens is 3. The van der Waals surface area contributed by atoms with Gasteiger partial charge in [0.25, 0.3) is 0 Å². The zero-order valence-corrected chi connectivity index (χ0v) is 14.0. The Bertz CT molecular complexity index is 687. The fraction of sp³-hybridized carbons (Fsp3) is 0.333. The quantitative estimate of drug-likeness (QED) is 0.511. The number of carbonyl (C=O) groups excluding carboxylic acids is 1. The van der Waals surface area contributed by atoms with Gasteiger partial charge in [-0.1, -0.05) is 29.5 Å². The number of carboxylic acids is 1. The Balaban J connectivity index is 1.78. The number of hydrogen-bond donors (Lipinski definition) is 2. The summed E-state index contributed by atoms with van der Waals surface area (Å²) in [7, 11) is 0. The number of nitrogens with one attached hydrogen (secondary N) is 1. The van der Waals surface area contributed by atoms with Gasteiger partial charge in [0.2, 0.25) is 5.91 Å². The van der Waals surface area contributed by atoms with Crippen molar-refractivity contribution in [1.82, 2.24) is 20.1 Å². The molecule has 0 saturated carbocycles. The first-order valence-electron chi connectivity index (χ1n) is 7.22. The molecule has 2 aromatic rings. The van der Waals surface area contributed by atoms with Crippen molar-refractivity contribution in [3.8, 4) is 5.69 Å². The maximum absolute atomic E-state index is 11.8. The molecule has 24 heavy (non-hydrogen) atoms. The molecule has 1 aromatic carbocycles. The molecule has 0 aliphatic heterocycles. The molecule has 1 heterocycles. The zero-order valence-electron chi connectivity index (χ0n) is 13.1. The maximum atomic E-state index is 11.8. The van der Waals surface area contributed by atoms with E-state index >= 15 is 0 Å². The number of ether oxygens (including phenoxy) is 1. The molecule has 2 rings (SSSR count). The highest BCUT2D eigenvalue weighted by Gasteiger charge is 2.10. The van der Waals surface area contributed by atoms with E-state index in [4.69, 9.17) is 9.84 Å². The van der Waals surface area contributed by atoms with Gasteiger partial charge in [-0.2, -0.15) is 0 Å². The second-order valence-electron chi connectivity index (χ2n) is 4.90. The Morgan fingerprint density at radius 1 is 1.33 bits per heavy atom. The van der Waals surface area contributed by atoms with E-state index in [1.165, 1.54) is 11.8 Å². The van der Waals surface area contributed by atoms with Crippen molar-refractivity contribution in [2.75, 3.05) is 25.5 Å². The highest BCUT2D eigenvalue weighted by molar-refractivity contribution is 7.99. The fourth-order valence-corrected chi connectivity index (χ4v) is 2.57. The van der Waals surface area contributed by atoms with E-state index in [1.807, 2.05) is 35.8 Å². The molecule has 8 nitrogen and oxygen atoms in total. The number of thioether (sulfide) groups is 1. The first-order chi connectivity index (χ1) is 11.6. The van der Waals surface area contributed by atoms with Crippen LogP contribution >= 0.6 is 11.8 Å². The third kappa shape index (κ3) is 5.67. The average Bonchev–Trinajstić information content (AvgIpc) is 3.01. The van der Waals surface area contributed by atoms with Crippen LogP contribution in [0.25, 0.3) is 5.69 Å². The highest BCUT2D eigenvalue weighted by Crippen LogP contribution is 2.19. The van der Waals surface area contributed by atoms with Crippen molar-refractivity contribution in [2.24, 2.45) is 0 Å². The van der Waals surface area contributed by atoms with E-state index < -0.39 is 5.97 Å². The maximum Gasteiger partial charge on any atom is 0.329 e. The Labute approximate surface area is 143 Å². The van der Waals surface area contributed by atoms with Crippen LogP contribution in [0.2, 0.25) is 0 Å². The SMILES string of the molecule is Cc1ccc(-n2cnnc2SCC(=O)NCCOCC(=O)O)cc1. The lowest BCUT2D eigenvalue weighted by atomic mass is 10.2. The average molecular weight is 350 g/mol. The van der Waals surface area contributed by atoms with Crippen LogP contribution in [0.3, 0.4) is 0 Å². The van der Waals surface area contributed by atoms with Crippen LogP contribution in [0.1, 0.15) is 5.56 Å². The number of aliphatic carboxylic acids is 1. The van der Waals surface area contributed by atoms with E-state index in [0.717, 1.165) is 11.3 Å². The fourth-order valence-electron chi connectivity index (χ4n) is 1.81. The molecule has 128 valence electrons. The number of carboxylic acid groups (broad SMARTS) is 1. The first-order valence-corrected chi connectivity index (χ1v) is 8.21. The molecular weight excluding hydrogens is 332 g/mol. The van der Waals surface area contributed by atoms with Crippen molar-refractivity contribution in [1.29, 1.82) is 0 Å². The molecule has 9 heteroatoms. The van der Waals surface area contributed by atoms with Gasteiger partial charge in [-0.3, -0.25) is 9.36 Å². The van der Waals surface area contributed by atoms with Crippen molar-refractivity contribution >= 4 is 23.6 Å². The lowest BCUT2D eigenvalue weighted by Gasteiger charge is -2.07. The van der Waals surface area contributed by atoms with Gasteiger partial charge in [0, 0.05) is 12.2 Å². The third-order valence-corrected chi connectivity index (χ3v) is 3.90. The summed E-state index contributed by atoms with van der Waals surface area (Å²) in [5.41, 5.74) is 2.08. The summed E-state index contributed by atoms with van der Waals surface area (Å²) in [6.45, 7) is 2.06. The first kappa shape index (κ1) is 18.0. The lowest BCUT2D eigenvalue weighted by molar-refractivity contribution is -0.142. The van der Waals surface area contributed by atoms with E-state index in [1.54, 1.807) is 6.33 Å². The van der Waals surface area contributed by atoms with Crippen LogP contribution in [0.4, 0.5) is 0 Å². The minimum atomic E-state index is -1.03. The molecule has 1 aromatic heterocycles. The summed E-state index contributed by atoms with van der Waals surface area (Å²) in [6, 6.07) is 7.91. The number of aryl methyl sites for hydroxylation is 1. The predicted octanol–water partition coefficient (Wildman–Crippen LogP) is 0.885. The van der Waals surface area contributed by atoms with Crippen LogP contribution in [0, 0.1) is 6.92 Å². The van der Waals surface area contributed by atoms with Crippen LogP contribution < -0.4 is 5.32 Å². The van der Waals surface area contributed by atoms with Gasteiger partial charge >= 0.3 is 5.97 Å². The van der Waals surface area contributed by atoms with E-state index in [0.29, 0.717) is 5.16 Å². The normalized spacial score (nSPS) is 10.5. The van der Waals surface area contributed by atoms with Gasteiger partial charge in [0.15, 0.2) is 5.16 Å². The summed E-state index contributed by atoms with van der Waals surface area (Å²) in [5.74, 6) is -1.03. The van der Waals surface area contributed by atoms with Gasteiger partial charge in [0.05, 0.1) is 12.4 Å². The van der Waals surface area contributed by atoms with Crippen molar-refractivity contribution in [2.45, 2.75) is 12.1 Å². The number of rotatable bonds is 9. The zero-order chi connectivity index (χ0) is 17.4. The number of amides is 1. The van der Waals surface area contributed by atoms with Crippen molar-refractivity contribution in [3.63, 3.8) is 0 Å². The van der Waals surface area contributed by atoms with E-state index in [-0.39, 0.29) is 31.4 Å². The molecule has 0 fully saturated rings. The Kier molecular flexibility index (Phi) is 6.76. The van der Waals surface area contributed by atoms with Crippen molar-refractivity contribution in [3.05, 3.63) is 36.2 Å². The molecule has 0 aliphatic carbocycles. The van der Waals surface area contributed by atoms with Gasteiger partial charge in [0.1, 0.15) is 12.9 Å². The summed E-state index contributed by atoms with van der Waals surface area (Å²) >= 11 is 1.27. The second-order valence-corrected chi connectivity index (χ2v) is 5.85. The van der Waals surface area contributed by atoms with Crippen LogP contribution in [-0.2, 0) is 14.3 Å². The molecule has 0 bridgehead atoms. The summed E-state index contributed by atoms with van der Waals surface area (Å²) in [4.78, 5) is 22.0. The summed E-state index contributed by atoms with van der Waals surface area (Å²) < 4.78 is 6.65. The Morgan fingerprint density at radius 3 is 2.79 bits per heavy atom. The van der Waals surface area contributed by atoms with E-state index in [2.05, 4.69) is 15.5 Å². The molecule has 0 saturated heterocycles. The molecule has 0 unspecified atom stereocenters. The lowest BCUT2D eigenvalue weighted by Crippen LogP contribution is -2.29. The molecule has 0 atom stereocenters. The third-order valence-electron chi connectivity index (χ3n) is 2.96. The van der Waals surface area contributed by atoms with Crippen LogP contribution in [0.5, 0.6) is 0 Å². The van der Waals surface area contributed by atoms with Gasteiger partial charge in [-0.05, 0) is 19.1 Å². The van der Waals surface area contributed by atoms with Gasteiger partial charge in [-0.15, -0.1) is 10.2 Å². The van der Waals surface area contributed by atoms with Gasteiger partial charge in [-0.25, -0.2) is 4.79 Å². The largest absolute Gasteiger partial charge is 0.480 e. The Hall–Kier alpha value is -2.39. The summed E-state index contributed by atoms with van der Waals surface area (Å²) in [5, 5.41) is 19.6. The highest BCUT2D eigenvalue weighted by atomic mass is 32.2. The second kappa shape index (κ2) is 9.04. The van der Waals surface area contributed by atoms with Crippen LogP contribution in [-0.4, -0.2) is 57.3 Å². The topological polar surface area (TPSA) is 106 Å². The van der Waals surface area contributed by atoms with Crippen LogP contribution in [0.15, 0.2) is 35.7 Å². The summed E-state index contributed by atoms with van der Waals surface area (Å²) in [6.07, 6.45) is 1.60. The standard InChI is InChI=1S/C15H18N4O4S/c1-11-2-4-12(5-3-11)19-10-17-18-15(19)24-9-13(20)16-6-7-23-8-14(21)22/h2-5,10H,6-9H2,1H3,(H,16,20)(H,21,22). The molecular formula is C15H18N4O4S. The molecule has 1 amide bonds. The number of benzene rings is 1.